The van der Waals surface area contributed by atoms with Crippen molar-refractivity contribution in [2.75, 3.05) is 33.9 Å². The average molecular weight is 582 g/mol. The minimum atomic E-state index is -0.534. The van der Waals surface area contributed by atoms with Crippen LogP contribution in [0.4, 0.5) is 0 Å². The molecule has 0 saturated carbocycles. The van der Waals surface area contributed by atoms with Crippen LogP contribution in [-0.2, 0) is 27.5 Å². The highest BCUT2D eigenvalue weighted by Crippen LogP contribution is 2.28. The summed E-state index contributed by atoms with van der Waals surface area (Å²) in [6.45, 7) is 0.363. The van der Waals surface area contributed by atoms with E-state index >= 15 is 0 Å². The summed E-state index contributed by atoms with van der Waals surface area (Å²) in [5, 5.41) is 12.7. The third-order valence-electron chi connectivity index (χ3n) is 6.58. The number of hydrogen-bond donors (Lipinski definition) is 3. The number of nitrogens with one attached hydrogen (secondary N) is 2. The molecule has 14 heteroatoms. The number of ether oxygens (including phenoxy) is 4. The molecule has 0 spiro atoms. The summed E-state index contributed by atoms with van der Waals surface area (Å²) in [5.74, 6) is 0.869. The monoisotopic (exact) mass is 581 g/mol. The Kier molecular flexibility index (Phi) is 9.81. The molecule has 1 aromatic heterocycles. The molecule has 4 heterocycles. The first-order chi connectivity index (χ1) is 20.3. The van der Waals surface area contributed by atoms with E-state index in [2.05, 4.69) is 15.6 Å². The van der Waals surface area contributed by atoms with Crippen molar-refractivity contribution in [2.45, 2.75) is 25.2 Å². The molecule has 2 atom stereocenters. The van der Waals surface area contributed by atoms with Crippen LogP contribution in [0.5, 0.6) is 23.0 Å². The van der Waals surface area contributed by atoms with Gasteiger partial charge >= 0.3 is 0 Å². The normalized spacial score (nSPS) is 18.1. The third kappa shape index (κ3) is 7.47. The van der Waals surface area contributed by atoms with E-state index in [1.165, 1.54) is 20.3 Å². The van der Waals surface area contributed by atoms with Crippen LogP contribution in [-0.4, -0.2) is 89.8 Å². The third-order valence-corrected chi connectivity index (χ3v) is 6.58. The SMILES string of the molecule is COc1cc2cc(c1)C(=O)N[C@H]1CN(C(=O)Cn3ccnc3)C[C@@H]1Oc1ccc(c(OC)c1)CNC(=O)CO2.O=CO. The maximum Gasteiger partial charge on any atom is 0.290 e. The number of methoxy groups -OCH3 is 2. The average Bonchev–Trinajstić information content (AvgIpc) is 3.65. The minimum absolute atomic E-state index is 0.123. The number of hydrogen-bond acceptors (Lipinski definition) is 9. The van der Waals surface area contributed by atoms with E-state index in [1.54, 1.807) is 58.5 Å². The van der Waals surface area contributed by atoms with Gasteiger partial charge in [-0.25, -0.2) is 4.98 Å². The van der Waals surface area contributed by atoms with Crippen LogP contribution >= 0.6 is 0 Å². The molecular formula is C28H31N5O9. The molecular weight excluding hydrogens is 550 g/mol. The molecule has 14 nitrogen and oxygen atoms in total. The van der Waals surface area contributed by atoms with Crippen molar-refractivity contribution in [3.05, 3.63) is 66.2 Å². The van der Waals surface area contributed by atoms with Gasteiger partial charge in [-0.1, -0.05) is 0 Å². The fourth-order valence-corrected chi connectivity index (χ4v) is 4.54. The Morgan fingerprint density at radius 3 is 2.67 bits per heavy atom. The molecule has 1 fully saturated rings. The smallest absolute Gasteiger partial charge is 0.290 e. The van der Waals surface area contributed by atoms with Crippen molar-refractivity contribution >= 4 is 24.2 Å². The number of carbonyl (C=O) groups excluding carboxylic acids is 3. The Balaban J connectivity index is 0.00000129. The molecule has 6 rings (SSSR count). The first-order valence-electron chi connectivity index (χ1n) is 12.9. The first kappa shape index (κ1) is 29.7. The lowest BCUT2D eigenvalue weighted by molar-refractivity contribution is -0.131. The highest BCUT2D eigenvalue weighted by molar-refractivity contribution is 5.95. The number of benzene rings is 2. The Hall–Kier alpha value is -5.27. The lowest BCUT2D eigenvalue weighted by atomic mass is 10.1. The summed E-state index contributed by atoms with van der Waals surface area (Å²) < 4.78 is 24.5. The van der Waals surface area contributed by atoms with E-state index in [0.29, 0.717) is 23.0 Å². The lowest BCUT2D eigenvalue weighted by Gasteiger charge is -2.22. The van der Waals surface area contributed by atoms with Crippen molar-refractivity contribution in [3.63, 3.8) is 0 Å². The molecule has 0 aliphatic carbocycles. The van der Waals surface area contributed by atoms with E-state index in [9.17, 15) is 14.4 Å². The van der Waals surface area contributed by atoms with Gasteiger partial charge < -0.3 is 44.2 Å². The topological polar surface area (TPSA) is 171 Å². The van der Waals surface area contributed by atoms with Crippen molar-refractivity contribution < 1.29 is 43.2 Å². The number of amides is 3. The fourth-order valence-electron chi connectivity index (χ4n) is 4.54. The predicted molar refractivity (Wildman–Crippen MR) is 146 cm³/mol. The van der Waals surface area contributed by atoms with Crippen molar-refractivity contribution in [1.29, 1.82) is 0 Å². The second kappa shape index (κ2) is 13.9. The number of aromatic nitrogens is 2. The van der Waals surface area contributed by atoms with Crippen LogP contribution in [0.25, 0.3) is 0 Å². The van der Waals surface area contributed by atoms with Crippen molar-refractivity contribution in [1.82, 2.24) is 25.1 Å². The highest BCUT2D eigenvalue weighted by atomic mass is 16.5. The summed E-state index contributed by atoms with van der Waals surface area (Å²) >= 11 is 0. The van der Waals surface area contributed by atoms with Gasteiger partial charge in [0.05, 0.1) is 33.1 Å². The molecule has 3 N–H and O–H groups in total. The zero-order chi connectivity index (χ0) is 30.1. The summed E-state index contributed by atoms with van der Waals surface area (Å²) in [4.78, 5) is 52.8. The van der Waals surface area contributed by atoms with Crippen LogP contribution in [0.15, 0.2) is 55.1 Å². The lowest BCUT2D eigenvalue weighted by Crippen LogP contribution is -2.45. The Morgan fingerprint density at radius 1 is 1.14 bits per heavy atom. The molecule has 3 aliphatic heterocycles. The minimum Gasteiger partial charge on any atom is -0.497 e. The van der Waals surface area contributed by atoms with Crippen LogP contribution in [0.2, 0.25) is 0 Å². The fraction of sp³-hybridized carbons (Fsp3) is 0.321. The summed E-state index contributed by atoms with van der Waals surface area (Å²) in [6.07, 6.45) is 4.37. The second-order valence-electron chi connectivity index (χ2n) is 9.31. The van der Waals surface area contributed by atoms with E-state index < -0.39 is 18.1 Å². The van der Waals surface area contributed by atoms with Crippen LogP contribution in [0.3, 0.4) is 0 Å². The molecule has 3 aliphatic rings. The largest absolute Gasteiger partial charge is 0.497 e. The molecule has 3 amide bonds. The van der Waals surface area contributed by atoms with E-state index in [0.717, 1.165) is 5.56 Å². The molecule has 0 radical (unpaired) electrons. The number of likely N-dealkylation sites (tertiary alicyclic amines) is 1. The molecule has 4 bridgehead atoms. The van der Waals surface area contributed by atoms with Gasteiger partial charge in [0.2, 0.25) is 5.91 Å². The quantitative estimate of drug-likeness (QED) is 0.373. The number of imidazole rings is 1. The Labute approximate surface area is 241 Å². The maximum absolute atomic E-state index is 13.4. The Bertz CT molecular complexity index is 1410. The van der Waals surface area contributed by atoms with E-state index in [4.69, 9.17) is 28.8 Å². The van der Waals surface area contributed by atoms with Crippen molar-refractivity contribution in [3.8, 4) is 23.0 Å². The maximum atomic E-state index is 13.4. The first-order valence-corrected chi connectivity index (χ1v) is 12.9. The number of fused-ring (bicyclic) bond motifs is 7. The van der Waals surface area contributed by atoms with Gasteiger partial charge in [-0.2, -0.15) is 0 Å². The van der Waals surface area contributed by atoms with Crippen LogP contribution in [0, 0.1) is 0 Å². The zero-order valence-corrected chi connectivity index (χ0v) is 23.0. The second-order valence-corrected chi connectivity index (χ2v) is 9.31. The van der Waals surface area contributed by atoms with Gasteiger partial charge in [-0.05, 0) is 24.3 Å². The van der Waals surface area contributed by atoms with Crippen molar-refractivity contribution in [2.24, 2.45) is 0 Å². The van der Waals surface area contributed by atoms with Gasteiger partial charge in [0.25, 0.3) is 18.3 Å². The Morgan fingerprint density at radius 2 is 1.95 bits per heavy atom. The number of carboxylic acid groups (broad SMARTS) is 1. The van der Waals surface area contributed by atoms with Gasteiger partial charge in [-0.3, -0.25) is 19.2 Å². The highest BCUT2D eigenvalue weighted by Gasteiger charge is 2.38. The van der Waals surface area contributed by atoms with Gasteiger partial charge in [-0.15, -0.1) is 0 Å². The molecule has 3 aromatic rings. The zero-order valence-electron chi connectivity index (χ0n) is 23.0. The molecule has 222 valence electrons. The van der Waals surface area contributed by atoms with E-state index in [1.807, 2.05) is 0 Å². The van der Waals surface area contributed by atoms with Crippen LogP contribution in [0.1, 0.15) is 15.9 Å². The van der Waals surface area contributed by atoms with Gasteiger partial charge in [0.15, 0.2) is 6.61 Å². The number of carbonyl (C=O) groups is 4. The van der Waals surface area contributed by atoms with Gasteiger partial charge in [0, 0.05) is 48.7 Å². The standard InChI is InChI=1S/C27H29N5O7.CH2O2/c1-36-20-7-18-8-21(9-20)38-15-25(33)29-11-17-3-4-19(10-23(17)37-2)39-24-13-32(12-22(24)30-27(18)35)26(34)14-31-6-5-28-16-31;2-1-3/h3-10,16,22,24H,11-15H2,1-2H3,(H,29,33)(H,30,35);1H,(H,2,3)/t22-,24-;/m0./s1. The van der Waals surface area contributed by atoms with E-state index in [-0.39, 0.29) is 56.6 Å². The molecule has 1 saturated heterocycles. The summed E-state index contributed by atoms with van der Waals surface area (Å²) in [7, 11) is 3.01. The van der Waals surface area contributed by atoms with Gasteiger partial charge in [0.1, 0.15) is 35.6 Å². The summed E-state index contributed by atoms with van der Waals surface area (Å²) in [5.41, 5.74) is 1.03. The molecule has 42 heavy (non-hydrogen) atoms. The molecule has 2 aromatic carbocycles. The number of nitrogens with zero attached hydrogens (tertiary/aromatic N) is 3. The molecule has 0 unspecified atom stereocenters. The predicted octanol–water partition coefficient (Wildman–Crippen LogP) is 0.698. The van der Waals surface area contributed by atoms with Crippen LogP contribution < -0.4 is 29.6 Å². The summed E-state index contributed by atoms with van der Waals surface area (Å²) in [6, 6.07) is 9.48. The number of rotatable bonds is 4.